The van der Waals surface area contributed by atoms with Crippen molar-refractivity contribution in [2.24, 2.45) is 5.73 Å². The Kier molecular flexibility index (Phi) is 4.63. The molecule has 6 heteroatoms. The Labute approximate surface area is 101 Å². The first kappa shape index (κ1) is 13.6. The summed E-state index contributed by atoms with van der Waals surface area (Å²) in [6.45, 7) is 2.12. The summed E-state index contributed by atoms with van der Waals surface area (Å²) in [7, 11) is -3.50. The molecule has 0 saturated heterocycles. The van der Waals surface area contributed by atoms with E-state index in [9.17, 15) is 8.42 Å². The fourth-order valence-corrected chi connectivity index (χ4v) is 2.26. The topological polar surface area (TPSA) is 96.0 Å². The summed E-state index contributed by atoms with van der Waals surface area (Å²) in [6, 6.07) is 7.65. The van der Waals surface area contributed by atoms with E-state index >= 15 is 0 Å². The molecule has 1 rings (SSSR count). The SMILES string of the molecule is CC(N)CCNS(=O)(=O)c1ccc(C#N)cc1. The van der Waals surface area contributed by atoms with Crippen LogP contribution in [-0.2, 0) is 10.0 Å². The molecule has 1 aromatic carbocycles. The number of hydrogen-bond acceptors (Lipinski definition) is 4. The molecule has 0 fully saturated rings. The zero-order valence-corrected chi connectivity index (χ0v) is 10.4. The van der Waals surface area contributed by atoms with Crippen molar-refractivity contribution in [3.63, 3.8) is 0 Å². The molecule has 92 valence electrons. The van der Waals surface area contributed by atoms with Gasteiger partial charge in [-0.3, -0.25) is 0 Å². The molecule has 5 nitrogen and oxygen atoms in total. The van der Waals surface area contributed by atoms with Gasteiger partial charge in [-0.1, -0.05) is 0 Å². The molecular weight excluding hydrogens is 238 g/mol. The van der Waals surface area contributed by atoms with Crippen molar-refractivity contribution in [2.75, 3.05) is 6.54 Å². The zero-order valence-electron chi connectivity index (χ0n) is 9.55. The summed E-state index contributed by atoms with van der Waals surface area (Å²) in [5, 5.41) is 8.60. The van der Waals surface area contributed by atoms with Crippen LogP contribution in [0.2, 0.25) is 0 Å². The van der Waals surface area contributed by atoms with E-state index < -0.39 is 10.0 Å². The van der Waals surface area contributed by atoms with Crippen molar-refractivity contribution in [2.45, 2.75) is 24.3 Å². The highest BCUT2D eigenvalue weighted by Gasteiger charge is 2.13. The second-order valence-corrected chi connectivity index (χ2v) is 5.57. The molecule has 0 radical (unpaired) electrons. The third-order valence-corrected chi connectivity index (χ3v) is 3.66. The molecule has 3 N–H and O–H groups in total. The lowest BCUT2D eigenvalue weighted by Crippen LogP contribution is -2.29. The minimum Gasteiger partial charge on any atom is -0.328 e. The van der Waals surface area contributed by atoms with Gasteiger partial charge in [0.25, 0.3) is 0 Å². The predicted octanol–water partition coefficient (Wildman–Crippen LogP) is 0.574. The van der Waals surface area contributed by atoms with Crippen molar-refractivity contribution in [1.29, 1.82) is 5.26 Å². The summed E-state index contributed by atoms with van der Waals surface area (Å²) in [6.07, 6.45) is 0.579. The first-order valence-electron chi connectivity index (χ1n) is 5.21. The number of nitrogens with zero attached hydrogens (tertiary/aromatic N) is 1. The van der Waals surface area contributed by atoms with Gasteiger partial charge in [0, 0.05) is 12.6 Å². The van der Waals surface area contributed by atoms with Crippen molar-refractivity contribution in [3.05, 3.63) is 29.8 Å². The van der Waals surface area contributed by atoms with Crippen molar-refractivity contribution in [3.8, 4) is 6.07 Å². The largest absolute Gasteiger partial charge is 0.328 e. The first-order valence-corrected chi connectivity index (χ1v) is 6.69. The predicted molar refractivity (Wildman–Crippen MR) is 64.6 cm³/mol. The van der Waals surface area contributed by atoms with Gasteiger partial charge in [-0.25, -0.2) is 13.1 Å². The van der Waals surface area contributed by atoms with Crippen LogP contribution in [0.4, 0.5) is 0 Å². The average molecular weight is 253 g/mol. The van der Waals surface area contributed by atoms with Crippen LogP contribution in [0.1, 0.15) is 18.9 Å². The van der Waals surface area contributed by atoms with Crippen LogP contribution in [0.15, 0.2) is 29.2 Å². The monoisotopic (exact) mass is 253 g/mol. The van der Waals surface area contributed by atoms with Gasteiger partial charge in [0.15, 0.2) is 0 Å². The van der Waals surface area contributed by atoms with E-state index in [4.69, 9.17) is 11.0 Å². The minimum atomic E-state index is -3.50. The molecule has 1 atom stereocenters. The molecule has 0 aromatic heterocycles. The number of nitrogens with one attached hydrogen (secondary N) is 1. The van der Waals surface area contributed by atoms with Crippen molar-refractivity contribution in [1.82, 2.24) is 4.72 Å². The number of hydrogen-bond donors (Lipinski definition) is 2. The van der Waals surface area contributed by atoms with Gasteiger partial charge in [-0.05, 0) is 37.6 Å². The smallest absolute Gasteiger partial charge is 0.240 e. The van der Waals surface area contributed by atoms with Crippen LogP contribution in [0.3, 0.4) is 0 Å². The third kappa shape index (κ3) is 4.15. The normalized spacial score (nSPS) is 13.0. The fourth-order valence-electron chi connectivity index (χ4n) is 1.21. The Morgan fingerprint density at radius 1 is 1.41 bits per heavy atom. The van der Waals surface area contributed by atoms with E-state index in [0.29, 0.717) is 18.5 Å². The highest BCUT2D eigenvalue weighted by atomic mass is 32.2. The number of nitriles is 1. The van der Waals surface area contributed by atoms with Crippen molar-refractivity contribution < 1.29 is 8.42 Å². The van der Waals surface area contributed by atoms with Crippen LogP contribution in [0.5, 0.6) is 0 Å². The van der Waals surface area contributed by atoms with Crippen LogP contribution < -0.4 is 10.5 Å². The lowest BCUT2D eigenvalue weighted by atomic mass is 10.2. The average Bonchev–Trinajstić information content (AvgIpc) is 2.28. The van der Waals surface area contributed by atoms with Crippen LogP contribution >= 0.6 is 0 Å². The second-order valence-electron chi connectivity index (χ2n) is 3.80. The maximum absolute atomic E-state index is 11.8. The summed E-state index contributed by atoms with van der Waals surface area (Å²) >= 11 is 0. The van der Waals surface area contributed by atoms with Crippen LogP contribution in [-0.4, -0.2) is 21.0 Å². The standard InChI is InChI=1S/C11H15N3O2S/c1-9(13)6-7-14-17(15,16)11-4-2-10(8-12)3-5-11/h2-5,9,14H,6-7,13H2,1H3. The van der Waals surface area contributed by atoms with Gasteiger partial charge < -0.3 is 5.73 Å². The van der Waals surface area contributed by atoms with Crippen LogP contribution in [0, 0.1) is 11.3 Å². The molecule has 17 heavy (non-hydrogen) atoms. The van der Waals surface area contributed by atoms with E-state index in [1.165, 1.54) is 24.3 Å². The Morgan fingerprint density at radius 3 is 2.47 bits per heavy atom. The first-order chi connectivity index (χ1) is 7.95. The molecule has 0 saturated carbocycles. The lowest BCUT2D eigenvalue weighted by molar-refractivity contribution is 0.572. The Bertz CT molecular complexity index is 501. The maximum Gasteiger partial charge on any atom is 0.240 e. The van der Waals surface area contributed by atoms with Gasteiger partial charge in [0.1, 0.15) is 0 Å². The van der Waals surface area contributed by atoms with E-state index in [1.807, 2.05) is 13.0 Å². The Balaban J connectivity index is 2.73. The molecule has 0 spiro atoms. The van der Waals surface area contributed by atoms with Crippen molar-refractivity contribution >= 4 is 10.0 Å². The number of sulfonamides is 1. The maximum atomic E-state index is 11.8. The van der Waals surface area contributed by atoms with Gasteiger partial charge in [-0.15, -0.1) is 0 Å². The molecule has 1 aromatic rings. The van der Waals surface area contributed by atoms with E-state index in [-0.39, 0.29) is 10.9 Å². The quantitative estimate of drug-likeness (QED) is 0.802. The molecule has 0 aliphatic carbocycles. The summed E-state index contributed by atoms with van der Waals surface area (Å²) in [5.41, 5.74) is 5.96. The molecule has 0 amide bonds. The second kappa shape index (κ2) is 5.77. The molecule has 0 aliphatic heterocycles. The molecular formula is C11H15N3O2S. The molecule has 1 unspecified atom stereocenters. The summed E-state index contributed by atoms with van der Waals surface area (Å²) in [5.74, 6) is 0. The summed E-state index contributed by atoms with van der Waals surface area (Å²) in [4.78, 5) is 0.154. The zero-order chi connectivity index (χ0) is 12.9. The van der Waals surface area contributed by atoms with Gasteiger partial charge in [-0.2, -0.15) is 5.26 Å². The summed E-state index contributed by atoms with van der Waals surface area (Å²) < 4.78 is 26.0. The number of rotatable bonds is 5. The molecule has 0 bridgehead atoms. The highest BCUT2D eigenvalue weighted by Crippen LogP contribution is 2.09. The number of benzene rings is 1. The van der Waals surface area contributed by atoms with E-state index in [2.05, 4.69) is 4.72 Å². The van der Waals surface area contributed by atoms with E-state index in [0.717, 1.165) is 0 Å². The Morgan fingerprint density at radius 2 is 2.00 bits per heavy atom. The third-order valence-electron chi connectivity index (χ3n) is 2.19. The Hall–Kier alpha value is -1.42. The van der Waals surface area contributed by atoms with Crippen LogP contribution in [0.25, 0.3) is 0 Å². The lowest BCUT2D eigenvalue weighted by Gasteiger charge is -2.08. The fraction of sp³-hybridized carbons (Fsp3) is 0.364. The molecule has 0 heterocycles. The van der Waals surface area contributed by atoms with Gasteiger partial charge in [0.05, 0.1) is 16.5 Å². The highest BCUT2D eigenvalue weighted by molar-refractivity contribution is 7.89. The minimum absolute atomic E-state index is 0.0429. The van der Waals surface area contributed by atoms with E-state index in [1.54, 1.807) is 0 Å². The molecule has 0 aliphatic rings. The van der Waals surface area contributed by atoms with Gasteiger partial charge >= 0.3 is 0 Å². The number of nitrogens with two attached hydrogens (primary N) is 1. The van der Waals surface area contributed by atoms with Gasteiger partial charge in [0.2, 0.25) is 10.0 Å².